The lowest BCUT2D eigenvalue weighted by Gasteiger charge is -2.48. The van der Waals surface area contributed by atoms with Crippen LogP contribution in [0.3, 0.4) is 0 Å². The van der Waals surface area contributed by atoms with E-state index in [1.54, 1.807) is 0 Å². The van der Waals surface area contributed by atoms with Crippen molar-refractivity contribution in [3.8, 4) is 5.75 Å². The third-order valence-electron chi connectivity index (χ3n) is 7.95. The normalized spacial score (nSPS) is 32.9. The lowest BCUT2D eigenvalue weighted by molar-refractivity contribution is -0.127. The van der Waals surface area contributed by atoms with Crippen molar-refractivity contribution in [2.45, 2.75) is 51.9 Å². The van der Waals surface area contributed by atoms with E-state index in [9.17, 15) is 9.90 Å². The largest absolute Gasteiger partial charge is 0.508 e. The summed E-state index contributed by atoms with van der Waals surface area (Å²) in [7, 11) is 1.94. The van der Waals surface area contributed by atoms with E-state index in [1.165, 1.54) is 11.1 Å². The average molecular weight is 377 g/mol. The summed E-state index contributed by atoms with van der Waals surface area (Å²) < 4.78 is 1.87. The summed E-state index contributed by atoms with van der Waals surface area (Å²) in [6.07, 6.45) is 9.00. The molecule has 2 fully saturated rings. The number of Topliss-reactive ketones (excluding diaryl/α,β-unsaturated/α-hetero) is 1. The van der Waals surface area contributed by atoms with E-state index in [0.717, 1.165) is 48.9 Å². The molecule has 0 saturated heterocycles. The van der Waals surface area contributed by atoms with E-state index in [0.29, 0.717) is 29.3 Å². The molecule has 0 spiro atoms. The maximum Gasteiger partial charge on any atom is 0.165 e. The van der Waals surface area contributed by atoms with Crippen molar-refractivity contribution in [1.29, 1.82) is 0 Å². The van der Waals surface area contributed by atoms with E-state index in [4.69, 9.17) is 0 Å². The van der Waals surface area contributed by atoms with E-state index in [1.807, 2.05) is 30.1 Å². The molecule has 4 nitrogen and oxygen atoms in total. The number of carbonyl (C=O) groups excluding carboxylic acids is 1. The minimum absolute atomic E-state index is 0.225. The smallest absolute Gasteiger partial charge is 0.165 e. The van der Waals surface area contributed by atoms with Crippen LogP contribution in [0.4, 0.5) is 0 Å². The van der Waals surface area contributed by atoms with Crippen LogP contribution in [0.2, 0.25) is 0 Å². The first-order valence-electron chi connectivity index (χ1n) is 10.4. The van der Waals surface area contributed by atoms with Gasteiger partial charge in [0.2, 0.25) is 0 Å². The van der Waals surface area contributed by atoms with E-state index in [-0.39, 0.29) is 5.41 Å². The standard InChI is InChI=1S/C24H28N2O2/c1-14-17(13-25-26(14)3)10-16-12-22-21-6-4-15-11-18(27)5-7-19(15)20(21)8-9-24(22,2)23(16)28/h5,7,10-11,13,20-22,27H,4,6,8-9,12H2,1-3H3/b16-10-/t20-,21-,22-,24+/m1/s1. The van der Waals surface area contributed by atoms with Crippen molar-refractivity contribution >= 4 is 11.9 Å². The molecule has 4 atom stereocenters. The minimum Gasteiger partial charge on any atom is -0.508 e. The molecule has 1 aromatic carbocycles. The first-order valence-corrected chi connectivity index (χ1v) is 10.4. The molecule has 0 amide bonds. The summed E-state index contributed by atoms with van der Waals surface area (Å²) >= 11 is 0. The topological polar surface area (TPSA) is 55.1 Å². The van der Waals surface area contributed by atoms with Gasteiger partial charge in [0.1, 0.15) is 5.75 Å². The Morgan fingerprint density at radius 3 is 2.89 bits per heavy atom. The molecule has 3 aliphatic carbocycles. The molecular formula is C24H28N2O2. The zero-order chi connectivity index (χ0) is 19.6. The fourth-order valence-electron chi connectivity index (χ4n) is 6.21. The molecule has 2 aromatic rings. The highest BCUT2D eigenvalue weighted by molar-refractivity contribution is 6.06. The summed E-state index contributed by atoms with van der Waals surface area (Å²) in [6, 6.07) is 5.89. The molecule has 5 rings (SSSR count). The van der Waals surface area contributed by atoms with Crippen LogP contribution in [0, 0.1) is 24.2 Å². The summed E-state index contributed by atoms with van der Waals surface area (Å²) in [5.41, 5.74) is 5.64. The Labute approximate surface area is 166 Å². The number of hydrogen-bond donors (Lipinski definition) is 1. The monoisotopic (exact) mass is 376 g/mol. The number of hydrogen-bond acceptors (Lipinski definition) is 3. The SMILES string of the molecule is Cc1c(/C=C2/C[C@@H]3[C@@H]4CCc5cc(O)ccc5[C@H]4CC[C@]3(C)C2=O)cnn1C. The summed E-state index contributed by atoms with van der Waals surface area (Å²) in [5, 5.41) is 14.2. The predicted octanol–water partition coefficient (Wildman–Crippen LogP) is 4.55. The number of benzene rings is 1. The van der Waals surface area contributed by atoms with Crippen LogP contribution in [-0.4, -0.2) is 20.7 Å². The van der Waals surface area contributed by atoms with Crippen LogP contribution in [0.15, 0.2) is 30.0 Å². The summed E-state index contributed by atoms with van der Waals surface area (Å²) in [4.78, 5) is 13.4. The fourth-order valence-corrected chi connectivity index (χ4v) is 6.21. The number of carbonyl (C=O) groups is 1. The van der Waals surface area contributed by atoms with Crippen molar-refractivity contribution < 1.29 is 9.90 Å². The zero-order valence-electron chi connectivity index (χ0n) is 16.9. The predicted molar refractivity (Wildman–Crippen MR) is 109 cm³/mol. The molecule has 0 radical (unpaired) electrons. The number of aromatic nitrogens is 2. The zero-order valence-corrected chi connectivity index (χ0v) is 16.9. The van der Waals surface area contributed by atoms with Gasteiger partial charge in [-0.25, -0.2) is 0 Å². The van der Waals surface area contributed by atoms with E-state index >= 15 is 0 Å². The lowest BCUT2D eigenvalue weighted by Crippen LogP contribution is -2.42. The Morgan fingerprint density at radius 2 is 2.14 bits per heavy atom. The maximum absolute atomic E-state index is 13.4. The van der Waals surface area contributed by atoms with E-state index in [2.05, 4.69) is 31.1 Å². The molecule has 3 aliphatic rings. The highest BCUT2D eigenvalue weighted by Gasteiger charge is 2.56. The van der Waals surface area contributed by atoms with Gasteiger partial charge in [-0.1, -0.05) is 13.0 Å². The molecule has 1 heterocycles. The summed E-state index contributed by atoms with van der Waals surface area (Å²) in [5.74, 6) is 2.22. The average Bonchev–Trinajstić information content (AvgIpc) is 3.13. The molecule has 146 valence electrons. The molecule has 0 bridgehead atoms. The number of phenols is 1. The van der Waals surface area contributed by atoms with Gasteiger partial charge < -0.3 is 5.11 Å². The molecule has 0 aliphatic heterocycles. The van der Waals surface area contributed by atoms with Gasteiger partial charge in [-0.2, -0.15) is 5.10 Å². The van der Waals surface area contributed by atoms with Crippen molar-refractivity contribution in [3.63, 3.8) is 0 Å². The number of rotatable bonds is 1. The highest BCUT2D eigenvalue weighted by Crippen LogP contribution is 2.60. The van der Waals surface area contributed by atoms with Crippen molar-refractivity contribution in [3.05, 3.63) is 52.4 Å². The number of aromatic hydroxyl groups is 1. The van der Waals surface area contributed by atoms with Crippen LogP contribution < -0.4 is 0 Å². The van der Waals surface area contributed by atoms with E-state index < -0.39 is 0 Å². The summed E-state index contributed by atoms with van der Waals surface area (Å²) in [6.45, 7) is 4.26. The van der Waals surface area contributed by atoms with Gasteiger partial charge in [0.15, 0.2) is 5.78 Å². The molecule has 1 aromatic heterocycles. The second-order valence-corrected chi connectivity index (χ2v) is 9.27. The number of nitrogens with zero attached hydrogens (tertiary/aromatic N) is 2. The number of fused-ring (bicyclic) bond motifs is 5. The first-order chi connectivity index (χ1) is 13.4. The van der Waals surface area contributed by atoms with Crippen LogP contribution in [0.1, 0.15) is 60.9 Å². The molecule has 28 heavy (non-hydrogen) atoms. The van der Waals surface area contributed by atoms with Gasteiger partial charge >= 0.3 is 0 Å². The van der Waals surface area contributed by atoms with Crippen LogP contribution in [0.5, 0.6) is 5.75 Å². The Balaban J connectivity index is 1.50. The van der Waals surface area contributed by atoms with Gasteiger partial charge in [0.05, 0.1) is 6.20 Å². The number of ketones is 1. The van der Waals surface area contributed by atoms with Crippen LogP contribution >= 0.6 is 0 Å². The Morgan fingerprint density at radius 1 is 1.32 bits per heavy atom. The van der Waals surface area contributed by atoms with Crippen LogP contribution in [0.25, 0.3) is 6.08 Å². The Hall–Kier alpha value is -2.36. The third-order valence-corrected chi connectivity index (χ3v) is 7.95. The molecule has 2 saturated carbocycles. The third kappa shape index (κ3) is 2.43. The van der Waals surface area contributed by atoms with Crippen LogP contribution in [-0.2, 0) is 18.3 Å². The first kappa shape index (κ1) is 17.7. The van der Waals surface area contributed by atoms with Gasteiger partial charge in [-0.05, 0) is 91.7 Å². The minimum atomic E-state index is -0.225. The fraction of sp³-hybridized carbons (Fsp3) is 0.500. The molecular weight excluding hydrogens is 348 g/mol. The number of aryl methyl sites for hydroxylation is 2. The maximum atomic E-state index is 13.4. The highest BCUT2D eigenvalue weighted by atomic mass is 16.3. The van der Waals surface area contributed by atoms with Gasteiger partial charge in [0, 0.05) is 23.7 Å². The Kier molecular flexibility index (Phi) is 3.84. The number of phenolic OH excluding ortho intramolecular Hbond substituents is 1. The molecule has 4 heteroatoms. The second kappa shape index (κ2) is 6.07. The molecule has 1 N–H and O–H groups in total. The van der Waals surface area contributed by atoms with Gasteiger partial charge in [0.25, 0.3) is 0 Å². The van der Waals surface area contributed by atoms with Gasteiger partial charge in [-0.3, -0.25) is 9.48 Å². The molecule has 0 unspecified atom stereocenters. The van der Waals surface area contributed by atoms with Crippen molar-refractivity contribution in [2.75, 3.05) is 0 Å². The quantitative estimate of drug-likeness (QED) is 0.743. The Bertz CT molecular complexity index is 1000. The van der Waals surface area contributed by atoms with Crippen molar-refractivity contribution in [1.82, 2.24) is 9.78 Å². The second-order valence-electron chi connectivity index (χ2n) is 9.27. The van der Waals surface area contributed by atoms with Crippen molar-refractivity contribution in [2.24, 2.45) is 24.3 Å². The van der Waals surface area contributed by atoms with Gasteiger partial charge in [-0.15, -0.1) is 0 Å². The lowest BCUT2D eigenvalue weighted by atomic mass is 9.55. The number of allylic oxidation sites excluding steroid dienone is 1.